The Bertz CT molecular complexity index is 1340. The molecule has 2 atom stereocenters. The van der Waals surface area contributed by atoms with Gasteiger partial charge in [0.25, 0.3) is 5.91 Å². The van der Waals surface area contributed by atoms with Gasteiger partial charge in [-0.15, -0.1) is 37.2 Å². The van der Waals surface area contributed by atoms with Crippen molar-refractivity contribution in [3.8, 4) is 11.4 Å². The number of anilines is 1. The van der Waals surface area contributed by atoms with Gasteiger partial charge in [-0.3, -0.25) is 4.79 Å². The number of aromatic amines is 1. The number of hydrogen-bond donors (Lipinski definition) is 4. The molecule has 2 unspecified atom stereocenters. The molecule has 0 aliphatic carbocycles. The van der Waals surface area contributed by atoms with Crippen molar-refractivity contribution < 1.29 is 4.79 Å². The zero-order valence-corrected chi connectivity index (χ0v) is 24.4. The summed E-state index contributed by atoms with van der Waals surface area (Å²) in [5.74, 6) is 0.880. The van der Waals surface area contributed by atoms with Crippen LogP contribution in [0.1, 0.15) is 55.3 Å². The number of halogens is 3. The standard InChI is InChI=1S/C29H36N6O.3ClH/c30-17-4-3-7-19(31)13-14-20(32)8-6-18-35-26-16-15-22(21-9-5-10-23(27(21)26)29(35)36)28-33-24-11-1-2-12-25(24)34-28;;;/h1-2,5,9-12,15-16,19-20H,3-4,6-8,13-14,17-18,30-32H2,(H,33,34);3*1H. The number of benzene rings is 3. The minimum absolute atomic E-state index is 0. The van der Waals surface area contributed by atoms with Crippen LogP contribution in [-0.4, -0.2) is 41.0 Å². The molecule has 4 aromatic rings. The number of para-hydroxylation sites is 2. The zero-order chi connectivity index (χ0) is 25.1. The van der Waals surface area contributed by atoms with Crippen molar-refractivity contribution in [2.75, 3.05) is 18.0 Å². The number of amides is 1. The molecule has 0 saturated heterocycles. The lowest BCUT2D eigenvalue weighted by Gasteiger charge is -2.20. The largest absolute Gasteiger partial charge is 0.338 e. The first kappa shape index (κ1) is 32.8. The quantitative estimate of drug-likeness (QED) is 0.151. The van der Waals surface area contributed by atoms with E-state index >= 15 is 0 Å². The highest BCUT2D eigenvalue weighted by Crippen LogP contribution is 2.41. The lowest BCUT2D eigenvalue weighted by Crippen LogP contribution is -2.30. The molecule has 0 spiro atoms. The van der Waals surface area contributed by atoms with Gasteiger partial charge in [0.2, 0.25) is 0 Å². The molecule has 39 heavy (non-hydrogen) atoms. The van der Waals surface area contributed by atoms with Crippen LogP contribution in [0.15, 0.2) is 54.6 Å². The van der Waals surface area contributed by atoms with E-state index in [1.807, 2.05) is 41.3 Å². The number of carbonyl (C=O) groups excluding carboxylic acids is 1. The van der Waals surface area contributed by atoms with Gasteiger partial charge in [-0.1, -0.05) is 30.7 Å². The van der Waals surface area contributed by atoms with Gasteiger partial charge in [0, 0.05) is 35.1 Å². The van der Waals surface area contributed by atoms with E-state index in [2.05, 4.69) is 23.2 Å². The van der Waals surface area contributed by atoms with Crippen LogP contribution < -0.4 is 22.1 Å². The average molecular weight is 594 g/mol. The Hall–Kier alpha value is -2.39. The molecule has 5 rings (SSSR count). The Morgan fingerprint density at radius 3 is 2.23 bits per heavy atom. The van der Waals surface area contributed by atoms with Crippen molar-refractivity contribution in [2.24, 2.45) is 17.2 Å². The molecule has 0 bridgehead atoms. The van der Waals surface area contributed by atoms with Crippen LogP contribution in [-0.2, 0) is 0 Å². The predicted molar refractivity (Wildman–Crippen MR) is 170 cm³/mol. The summed E-state index contributed by atoms with van der Waals surface area (Å²) in [6, 6.07) is 18.4. The Morgan fingerprint density at radius 1 is 0.795 bits per heavy atom. The number of nitrogens with two attached hydrogens (primary N) is 3. The van der Waals surface area contributed by atoms with Crippen LogP contribution in [0.5, 0.6) is 0 Å². The third-order valence-electron chi connectivity index (χ3n) is 7.32. The third-order valence-corrected chi connectivity index (χ3v) is 7.32. The second-order valence-electron chi connectivity index (χ2n) is 9.94. The fourth-order valence-corrected chi connectivity index (χ4v) is 5.33. The van der Waals surface area contributed by atoms with Crippen molar-refractivity contribution in [1.29, 1.82) is 0 Å². The number of rotatable bonds is 12. The summed E-state index contributed by atoms with van der Waals surface area (Å²) in [7, 11) is 0. The smallest absolute Gasteiger partial charge is 0.258 e. The molecular formula is C29H39Cl3N6O. The lowest BCUT2D eigenvalue weighted by atomic mass is 9.99. The van der Waals surface area contributed by atoms with Crippen LogP contribution in [0, 0.1) is 0 Å². The number of hydrogen-bond acceptors (Lipinski definition) is 5. The molecule has 0 fully saturated rings. The number of fused-ring (bicyclic) bond motifs is 1. The number of nitrogens with one attached hydrogen (secondary N) is 1. The number of unbranched alkanes of at least 4 members (excludes halogenated alkanes) is 1. The summed E-state index contributed by atoms with van der Waals surface area (Å²) in [5, 5.41) is 2.05. The van der Waals surface area contributed by atoms with Crippen molar-refractivity contribution in [1.82, 2.24) is 9.97 Å². The third kappa shape index (κ3) is 7.04. The van der Waals surface area contributed by atoms with Crippen LogP contribution in [0.4, 0.5) is 5.69 Å². The van der Waals surface area contributed by atoms with Crippen LogP contribution in [0.2, 0.25) is 0 Å². The van der Waals surface area contributed by atoms with E-state index in [1.54, 1.807) is 0 Å². The second-order valence-corrected chi connectivity index (χ2v) is 9.94. The summed E-state index contributed by atoms with van der Waals surface area (Å²) in [6.07, 6.45) is 6.68. The maximum Gasteiger partial charge on any atom is 0.258 e. The molecule has 212 valence electrons. The first-order valence-corrected chi connectivity index (χ1v) is 13.1. The molecule has 3 aromatic carbocycles. The molecule has 2 heterocycles. The summed E-state index contributed by atoms with van der Waals surface area (Å²) < 4.78 is 0. The summed E-state index contributed by atoms with van der Waals surface area (Å²) >= 11 is 0. The summed E-state index contributed by atoms with van der Waals surface area (Å²) in [4.78, 5) is 23.5. The monoisotopic (exact) mass is 592 g/mol. The Balaban J connectivity index is 0.00000178. The van der Waals surface area contributed by atoms with Crippen molar-refractivity contribution in [3.05, 3.63) is 60.2 Å². The molecule has 1 amide bonds. The number of nitrogens with zero attached hydrogens (tertiary/aromatic N) is 2. The number of carbonyl (C=O) groups is 1. The zero-order valence-electron chi connectivity index (χ0n) is 22.0. The molecular weight excluding hydrogens is 555 g/mol. The average Bonchev–Trinajstić information content (AvgIpc) is 3.44. The number of H-pyrrole nitrogens is 1. The Morgan fingerprint density at radius 2 is 1.51 bits per heavy atom. The Kier molecular flexibility index (Phi) is 12.5. The summed E-state index contributed by atoms with van der Waals surface area (Å²) in [6.45, 7) is 1.38. The Labute approximate surface area is 248 Å². The molecule has 1 aliphatic rings. The first-order valence-electron chi connectivity index (χ1n) is 13.1. The van der Waals surface area contributed by atoms with Gasteiger partial charge < -0.3 is 27.1 Å². The SMILES string of the molecule is Cl.Cl.Cl.NCCCCC(N)CCC(N)CCCN1C(=O)c2cccc3c(-c4nc5ccccc5[nH]4)ccc1c23. The highest BCUT2D eigenvalue weighted by atomic mass is 35.5. The second kappa shape index (κ2) is 14.8. The normalized spacial score (nSPS) is 13.6. The minimum atomic E-state index is 0. The van der Waals surface area contributed by atoms with E-state index in [1.165, 1.54) is 0 Å². The molecule has 7 N–H and O–H groups in total. The number of imidazole rings is 1. The molecule has 10 heteroatoms. The predicted octanol–water partition coefficient (Wildman–Crippen LogP) is 5.95. The van der Waals surface area contributed by atoms with Crippen molar-refractivity contribution >= 4 is 70.6 Å². The fraction of sp³-hybridized carbons (Fsp3) is 0.379. The van der Waals surface area contributed by atoms with Crippen LogP contribution >= 0.6 is 37.2 Å². The van der Waals surface area contributed by atoms with Gasteiger partial charge in [0.05, 0.1) is 16.7 Å². The highest BCUT2D eigenvalue weighted by molar-refractivity contribution is 6.26. The highest BCUT2D eigenvalue weighted by Gasteiger charge is 2.30. The molecule has 0 saturated carbocycles. The van der Waals surface area contributed by atoms with Crippen molar-refractivity contribution in [3.63, 3.8) is 0 Å². The maximum atomic E-state index is 13.3. The van der Waals surface area contributed by atoms with Crippen LogP contribution in [0.3, 0.4) is 0 Å². The van der Waals surface area contributed by atoms with E-state index in [0.29, 0.717) is 6.54 Å². The van der Waals surface area contributed by atoms with Gasteiger partial charge >= 0.3 is 0 Å². The van der Waals surface area contributed by atoms with E-state index in [-0.39, 0.29) is 55.2 Å². The first-order chi connectivity index (χ1) is 17.6. The fourth-order valence-electron chi connectivity index (χ4n) is 5.33. The molecule has 0 radical (unpaired) electrons. The minimum Gasteiger partial charge on any atom is -0.338 e. The van der Waals surface area contributed by atoms with Crippen molar-refractivity contribution in [2.45, 2.75) is 57.0 Å². The van der Waals surface area contributed by atoms with Gasteiger partial charge in [-0.25, -0.2) is 4.98 Å². The van der Waals surface area contributed by atoms with E-state index < -0.39 is 0 Å². The van der Waals surface area contributed by atoms with Gasteiger partial charge in [-0.05, 0) is 80.8 Å². The topological polar surface area (TPSA) is 127 Å². The van der Waals surface area contributed by atoms with Gasteiger partial charge in [0.1, 0.15) is 5.82 Å². The molecule has 1 aliphatic heterocycles. The van der Waals surface area contributed by atoms with E-state index in [4.69, 9.17) is 22.2 Å². The van der Waals surface area contributed by atoms with E-state index in [0.717, 1.165) is 95.9 Å². The maximum absolute atomic E-state index is 13.3. The molecule has 7 nitrogen and oxygen atoms in total. The van der Waals surface area contributed by atoms with Gasteiger partial charge in [0.15, 0.2) is 0 Å². The summed E-state index contributed by atoms with van der Waals surface area (Å²) in [5.41, 5.74) is 22.8. The number of aromatic nitrogens is 2. The van der Waals surface area contributed by atoms with Gasteiger partial charge in [-0.2, -0.15) is 0 Å². The van der Waals surface area contributed by atoms with E-state index in [9.17, 15) is 4.79 Å². The van der Waals surface area contributed by atoms with Crippen LogP contribution in [0.25, 0.3) is 33.2 Å². The lowest BCUT2D eigenvalue weighted by molar-refractivity contribution is 0.0992. The molecule has 1 aromatic heterocycles.